The summed E-state index contributed by atoms with van der Waals surface area (Å²) in [5, 5.41) is 3.17. The molecule has 0 spiro atoms. The maximum Gasteiger partial charge on any atom is 0.251 e. The summed E-state index contributed by atoms with van der Waals surface area (Å²) in [6.07, 6.45) is 7.79. The fourth-order valence-corrected chi connectivity index (χ4v) is 4.37. The highest BCUT2D eigenvalue weighted by Gasteiger charge is 2.38. The van der Waals surface area contributed by atoms with Crippen LogP contribution in [0.2, 0.25) is 0 Å². The third-order valence-electron chi connectivity index (χ3n) is 5.94. The summed E-state index contributed by atoms with van der Waals surface area (Å²) in [6.45, 7) is 3.99. The zero-order valence-electron chi connectivity index (χ0n) is 15.1. The van der Waals surface area contributed by atoms with Crippen LogP contribution >= 0.6 is 0 Å². The first kappa shape index (κ1) is 16.9. The summed E-state index contributed by atoms with van der Waals surface area (Å²) in [5.41, 5.74) is 9.77. The number of rotatable bonds is 4. The first-order chi connectivity index (χ1) is 12.5. The van der Waals surface area contributed by atoms with Gasteiger partial charge in [0.2, 0.25) is 0 Å². The lowest BCUT2D eigenvalue weighted by molar-refractivity contribution is -0.116. The molecule has 2 saturated heterocycles. The normalized spacial score (nSPS) is 25.2. The summed E-state index contributed by atoms with van der Waals surface area (Å²) in [6, 6.07) is 8.93. The van der Waals surface area contributed by atoms with Crippen LogP contribution in [0.4, 0.5) is 5.69 Å². The van der Waals surface area contributed by atoms with Gasteiger partial charge in [-0.3, -0.25) is 4.79 Å². The first-order valence-electron chi connectivity index (χ1n) is 9.17. The van der Waals surface area contributed by atoms with Crippen LogP contribution in [0.1, 0.15) is 31.2 Å². The highest BCUT2D eigenvalue weighted by Crippen LogP contribution is 2.34. The first-order valence-corrected chi connectivity index (χ1v) is 9.17. The number of hydrogen-bond donors (Lipinski definition) is 2. The lowest BCUT2D eigenvalue weighted by atomic mass is 9.96. The number of carbonyl (C=O) groups is 1. The topological polar surface area (TPSA) is 71.5 Å². The van der Waals surface area contributed by atoms with Crippen molar-refractivity contribution in [1.82, 2.24) is 10.2 Å². The number of piperidine rings is 1. The van der Waals surface area contributed by atoms with E-state index in [4.69, 9.17) is 10.2 Å². The van der Waals surface area contributed by atoms with E-state index < -0.39 is 0 Å². The molecule has 1 aromatic carbocycles. The molecule has 2 atom stereocenters. The lowest BCUT2D eigenvalue weighted by Gasteiger charge is -2.36. The van der Waals surface area contributed by atoms with Crippen LogP contribution in [-0.4, -0.2) is 36.0 Å². The molecule has 1 amide bonds. The second-order valence-electron chi connectivity index (χ2n) is 7.48. The van der Waals surface area contributed by atoms with Gasteiger partial charge in [-0.05, 0) is 50.4 Å². The zero-order valence-corrected chi connectivity index (χ0v) is 15.1. The SMILES string of the molecule is C=C(C(=O)NC1CC2CCC(C1)N2C)c1ccc(-c2ccoc2)cc1N. The smallest absolute Gasteiger partial charge is 0.251 e. The molecule has 136 valence electrons. The van der Waals surface area contributed by atoms with Crippen molar-refractivity contribution < 1.29 is 9.21 Å². The minimum Gasteiger partial charge on any atom is -0.472 e. The summed E-state index contributed by atoms with van der Waals surface area (Å²) in [5.74, 6) is -0.123. The van der Waals surface area contributed by atoms with Gasteiger partial charge < -0.3 is 20.4 Å². The molecule has 4 rings (SSSR count). The molecule has 3 heterocycles. The van der Waals surface area contributed by atoms with Gasteiger partial charge in [0.15, 0.2) is 0 Å². The quantitative estimate of drug-likeness (QED) is 0.655. The van der Waals surface area contributed by atoms with E-state index in [1.54, 1.807) is 12.5 Å². The summed E-state index contributed by atoms with van der Waals surface area (Å²) in [7, 11) is 2.20. The Morgan fingerprint density at radius 1 is 1.23 bits per heavy atom. The van der Waals surface area contributed by atoms with Gasteiger partial charge in [-0.2, -0.15) is 0 Å². The van der Waals surface area contributed by atoms with Crippen molar-refractivity contribution in [3.05, 3.63) is 48.9 Å². The number of furan rings is 1. The average molecular weight is 351 g/mol. The summed E-state index contributed by atoms with van der Waals surface area (Å²) >= 11 is 0. The third kappa shape index (κ3) is 3.03. The van der Waals surface area contributed by atoms with Crippen molar-refractivity contribution in [2.24, 2.45) is 0 Å². The average Bonchev–Trinajstić information content (AvgIpc) is 3.21. The molecule has 2 unspecified atom stereocenters. The van der Waals surface area contributed by atoms with Gasteiger partial charge in [0.25, 0.3) is 5.91 Å². The van der Waals surface area contributed by atoms with Gasteiger partial charge in [0, 0.05) is 40.5 Å². The maximum absolute atomic E-state index is 12.7. The number of nitrogens with one attached hydrogen (secondary N) is 1. The molecule has 0 aliphatic carbocycles. The van der Waals surface area contributed by atoms with Gasteiger partial charge in [-0.1, -0.05) is 18.7 Å². The van der Waals surface area contributed by atoms with Gasteiger partial charge in [0.05, 0.1) is 12.5 Å². The second kappa shape index (κ2) is 6.65. The van der Waals surface area contributed by atoms with Crippen molar-refractivity contribution >= 4 is 17.2 Å². The van der Waals surface area contributed by atoms with Crippen LogP contribution in [0.15, 0.2) is 47.8 Å². The molecule has 1 aromatic heterocycles. The van der Waals surface area contributed by atoms with E-state index in [-0.39, 0.29) is 11.9 Å². The highest BCUT2D eigenvalue weighted by atomic mass is 16.3. The number of nitrogen functional groups attached to an aromatic ring is 1. The molecule has 2 fully saturated rings. The van der Waals surface area contributed by atoms with Gasteiger partial charge in [-0.25, -0.2) is 0 Å². The largest absolute Gasteiger partial charge is 0.472 e. The predicted octanol–water partition coefficient (Wildman–Crippen LogP) is 3.28. The number of fused-ring (bicyclic) bond motifs is 2. The summed E-state index contributed by atoms with van der Waals surface area (Å²) in [4.78, 5) is 15.2. The fourth-order valence-electron chi connectivity index (χ4n) is 4.37. The van der Waals surface area contributed by atoms with Crippen molar-refractivity contribution in [3.63, 3.8) is 0 Å². The molecular weight excluding hydrogens is 326 g/mol. The minimum atomic E-state index is -0.123. The molecule has 26 heavy (non-hydrogen) atoms. The van der Waals surface area contributed by atoms with Gasteiger partial charge in [0.1, 0.15) is 0 Å². The number of benzene rings is 1. The van der Waals surface area contributed by atoms with E-state index in [0.29, 0.717) is 28.9 Å². The highest BCUT2D eigenvalue weighted by molar-refractivity contribution is 6.20. The molecule has 2 aliphatic rings. The Balaban J connectivity index is 1.45. The van der Waals surface area contributed by atoms with Crippen LogP contribution < -0.4 is 11.1 Å². The second-order valence-corrected chi connectivity index (χ2v) is 7.48. The number of nitrogens with zero attached hydrogens (tertiary/aromatic N) is 1. The molecule has 2 bridgehead atoms. The van der Waals surface area contributed by atoms with E-state index in [2.05, 4.69) is 23.8 Å². The number of carbonyl (C=O) groups excluding carboxylic acids is 1. The molecule has 2 aromatic rings. The van der Waals surface area contributed by atoms with E-state index in [9.17, 15) is 4.79 Å². The Labute approximate surface area is 153 Å². The van der Waals surface area contributed by atoms with Crippen molar-refractivity contribution in [1.29, 1.82) is 0 Å². The Bertz CT molecular complexity index is 814. The Hall–Kier alpha value is -2.53. The third-order valence-corrected chi connectivity index (χ3v) is 5.94. The standard InChI is InChI=1S/C21H25N3O2/c1-13(19-6-3-14(9-20(19)22)15-7-8-26-12-15)21(25)23-16-10-17-4-5-18(11-16)24(17)2/h3,6-9,12,16-18H,1,4-5,10-11,22H2,2H3,(H,23,25). The molecule has 5 heteroatoms. The van der Waals surface area contributed by atoms with Crippen molar-refractivity contribution in [2.45, 2.75) is 43.8 Å². The van der Waals surface area contributed by atoms with E-state index in [1.165, 1.54) is 12.8 Å². The van der Waals surface area contributed by atoms with Crippen LogP contribution in [0.3, 0.4) is 0 Å². The Morgan fingerprint density at radius 2 is 1.96 bits per heavy atom. The number of amides is 1. The van der Waals surface area contributed by atoms with Crippen LogP contribution in [0.5, 0.6) is 0 Å². The van der Waals surface area contributed by atoms with Gasteiger partial charge >= 0.3 is 0 Å². The monoisotopic (exact) mass is 351 g/mol. The van der Waals surface area contributed by atoms with Crippen molar-refractivity contribution in [3.8, 4) is 11.1 Å². The number of hydrogen-bond acceptors (Lipinski definition) is 4. The Morgan fingerprint density at radius 3 is 2.58 bits per heavy atom. The molecule has 0 saturated carbocycles. The molecule has 2 aliphatic heterocycles. The van der Waals surface area contributed by atoms with Crippen LogP contribution in [0, 0.1) is 0 Å². The maximum atomic E-state index is 12.7. The molecule has 5 nitrogen and oxygen atoms in total. The lowest BCUT2D eigenvalue weighted by Crippen LogP contribution is -2.48. The van der Waals surface area contributed by atoms with E-state index >= 15 is 0 Å². The number of nitrogens with two attached hydrogens (primary N) is 1. The predicted molar refractivity (Wildman–Crippen MR) is 103 cm³/mol. The van der Waals surface area contributed by atoms with E-state index in [1.807, 2.05) is 24.3 Å². The molecule has 0 radical (unpaired) electrons. The van der Waals surface area contributed by atoms with E-state index in [0.717, 1.165) is 24.0 Å². The molecular formula is C21H25N3O2. The molecule has 3 N–H and O–H groups in total. The van der Waals surface area contributed by atoms with Crippen LogP contribution in [-0.2, 0) is 4.79 Å². The fraction of sp³-hybridized carbons (Fsp3) is 0.381. The number of anilines is 1. The Kier molecular flexibility index (Phi) is 4.32. The van der Waals surface area contributed by atoms with Crippen molar-refractivity contribution in [2.75, 3.05) is 12.8 Å². The summed E-state index contributed by atoms with van der Waals surface area (Å²) < 4.78 is 5.11. The zero-order chi connectivity index (χ0) is 18.3. The van der Waals surface area contributed by atoms with Gasteiger partial charge in [-0.15, -0.1) is 0 Å². The minimum absolute atomic E-state index is 0.123. The van der Waals surface area contributed by atoms with Crippen LogP contribution in [0.25, 0.3) is 16.7 Å².